The molecule has 2 saturated carbocycles. The molecule has 0 radical (unpaired) electrons. The molecule has 0 spiro atoms. The molecule has 0 atom stereocenters. The molecule has 0 nitrogen and oxygen atoms in total. The summed E-state index contributed by atoms with van der Waals surface area (Å²) in [4.78, 5) is 0. The van der Waals surface area contributed by atoms with E-state index in [1.54, 1.807) is 25.7 Å². The van der Waals surface area contributed by atoms with Crippen LogP contribution in [-0.2, 0) is 0 Å². The van der Waals surface area contributed by atoms with Gasteiger partial charge in [0.25, 0.3) is 0 Å². The van der Waals surface area contributed by atoms with E-state index in [1.807, 2.05) is 0 Å². The van der Waals surface area contributed by atoms with E-state index in [1.165, 1.54) is 70.4 Å². The van der Waals surface area contributed by atoms with Gasteiger partial charge in [-0.3, -0.25) is 0 Å². The Labute approximate surface area is 122 Å². The minimum absolute atomic E-state index is 0.347. The van der Waals surface area contributed by atoms with Gasteiger partial charge in [-0.1, -0.05) is 71.1 Å². The van der Waals surface area contributed by atoms with Crippen molar-refractivity contribution in [3.63, 3.8) is 0 Å². The molecule has 2 rings (SSSR count). The molecule has 0 bridgehead atoms. The van der Waals surface area contributed by atoms with Crippen molar-refractivity contribution in [1.82, 2.24) is 0 Å². The molecule has 0 saturated heterocycles. The third-order valence-electron chi connectivity index (χ3n) is 5.45. The molecule has 0 aromatic heterocycles. The van der Waals surface area contributed by atoms with Crippen LogP contribution in [0.1, 0.15) is 96.8 Å². The lowest BCUT2D eigenvalue weighted by molar-refractivity contribution is 0.489. The molecular weight excluding hydrogens is 247 g/mol. The van der Waals surface area contributed by atoms with Gasteiger partial charge < -0.3 is 0 Å². The van der Waals surface area contributed by atoms with E-state index < -0.39 is 0 Å². The molecule has 0 unspecified atom stereocenters. The molecule has 0 N–H and O–H groups in total. The monoisotopic (exact) mass is 282 g/mol. The predicted octanol–water partition coefficient (Wildman–Crippen LogP) is 6.71. The first-order chi connectivity index (χ1) is 9.42. The zero-order valence-electron chi connectivity index (χ0n) is 13.2. The minimum Gasteiger partial charge on any atom is -0.101 e. The van der Waals surface area contributed by atoms with E-state index in [9.17, 15) is 0 Å². The van der Waals surface area contributed by atoms with Crippen molar-refractivity contribution in [3.05, 3.63) is 0 Å². The third kappa shape index (κ3) is 5.37. The maximum Gasteiger partial charge on any atom is -0.0207 e. The van der Waals surface area contributed by atoms with E-state index in [4.69, 9.17) is 0 Å². The second kappa shape index (κ2) is 9.38. The van der Waals surface area contributed by atoms with E-state index in [-0.39, 0.29) is 0 Å². The second-order valence-electron chi connectivity index (χ2n) is 6.83. The highest BCUT2D eigenvalue weighted by Gasteiger charge is 2.27. The van der Waals surface area contributed by atoms with Gasteiger partial charge in [0.1, 0.15) is 0 Å². The predicted molar refractivity (Wildman–Crippen MR) is 89.7 cm³/mol. The Morgan fingerprint density at radius 3 is 1.21 bits per heavy atom. The van der Waals surface area contributed by atoms with Crippen LogP contribution in [0.2, 0.25) is 0 Å². The standard InChI is InChI=1S/C18H35P/c1-2-19(17-13-9-5-3-6-10-14-17)18-15-11-7-4-8-12-16-18/h17-18H,2-16H2,1H3. The van der Waals surface area contributed by atoms with Gasteiger partial charge in [-0.05, 0) is 43.2 Å². The first-order valence-electron chi connectivity index (χ1n) is 9.17. The van der Waals surface area contributed by atoms with E-state index in [0.717, 1.165) is 11.3 Å². The lowest BCUT2D eigenvalue weighted by Gasteiger charge is -2.36. The normalized spacial score (nSPS) is 25.6. The van der Waals surface area contributed by atoms with Crippen LogP contribution in [0, 0.1) is 0 Å². The summed E-state index contributed by atoms with van der Waals surface area (Å²) in [7, 11) is 0.347. The molecule has 0 heterocycles. The Morgan fingerprint density at radius 1 is 0.579 bits per heavy atom. The average molecular weight is 282 g/mol. The van der Waals surface area contributed by atoms with Crippen LogP contribution in [0.15, 0.2) is 0 Å². The largest absolute Gasteiger partial charge is 0.101 e. The topological polar surface area (TPSA) is 0 Å². The van der Waals surface area contributed by atoms with Crippen molar-refractivity contribution >= 4 is 7.92 Å². The van der Waals surface area contributed by atoms with Crippen LogP contribution in [0.25, 0.3) is 0 Å². The fourth-order valence-electron chi connectivity index (χ4n) is 4.35. The zero-order chi connectivity index (χ0) is 13.3. The lowest BCUT2D eigenvalue weighted by Crippen LogP contribution is -2.19. The van der Waals surface area contributed by atoms with Crippen LogP contribution in [0.4, 0.5) is 0 Å². The highest BCUT2D eigenvalue weighted by Crippen LogP contribution is 2.54. The molecular formula is C18H35P. The summed E-state index contributed by atoms with van der Waals surface area (Å²) in [6, 6.07) is 0. The second-order valence-corrected chi connectivity index (χ2v) is 9.95. The molecule has 0 aromatic rings. The van der Waals surface area contributed by atoms with Crippen molar-refractivity contribution < 1.29 is 0 Å². The van der Waals surface area contributed by atoms with Gasteiger partial charge in [-0.25, -0.2) is 0 Å². The van der Waals surface area contributed by atoms with Crippen molar-refractivity contribution in [2.24, 2.45) is 0 Å². The summed E-state index contributed by atoms with van der Waals surface area (Å²) in [5.74, 6) is 0. The summed E-state index contributed by atoms with van der Waals surface area (Å²) in [6.07, 6.45) is 23.1. The summed E-state index contributed by atoms with van der Waals surface area (Å²) >= 11 is 0. The Balaban J connectivity index is 1.91. The Hall–Kier alpha value is 0.430. The lowest BCUT2D eigenvalue weighted by atomic mass is 10.00. The zero-order valence-corrected chi connectivity index (χ0v) is 14.1. The molecule has 0 amide bonds. The molecule has 19 heavy (non-hydrogen) atoms. The van der Waals surface area contributed by atoms with E-state index in [0.29, 0.717) is 7.92 Å². The van der Waals surface area contributed by atoms with Crippen LogP contribution >= 0.6 is 7.92 Å². The van der Waals surface area contributed by atoms with E-state index in [2.05, 4.69) is 6.92 Å². The summed E-state index contributed by atoms with van der Waals surface area (Å²) in [6.45, 7) is 2.50. The molecule has 2 aliphatic carbocycles. The molecule has 112 valence electrons. The first-order valence-corrected chi connectivity index (χ1v) is 10.8. The SMILES string of the molecule is CCP(C1CCCCCCC1)C1CCCCCCC1. The van der Waals surface area contributed by atoms with Crippen molar-refractivity contribution in [2.75, 3.05) is 6.16 Å². The fourth-order valence-corrected chi connectivity index (χ4v) is 8.03. The number of hydrogen-bond donors (Lipinski definition) is 0. The third-order valence-corrected chi connectivity index (χ3v) is 9.09. The van der Waals surface area contributed by atoms with Crippen LogP contribution < -0.4 is 0 Å². The molecule has 2 aliphatic rings. The van der Waals surface area contributed by atoms with Crippen LogP contribution in [0.5, 0.6) is 0 Å². The maximum absolute atomic E-state index is 2.50. The number of hydrogen-bond acceptors (Lipinski definition) is 0. The Morgan fingerprint density at radius 2 is 0.895 bits per heavy atom. The van der Waals surface area contributed by atoms with E-state index >= 15 is 0 Å². The quantitative estimate of drug-likeness (QED) is 0.504. The molecule has 0 aliphatic heterocycles. The summed E-state index contributed by atoms with van der Waals surface area (Å²) in [5, 5.41) is 0. The Kier molecular flexibility index (Phi) is 7.81. The highest BCUT2D eigenvalue weighted by molar-refractivity contribution is 7.59. The van der Waals surface area contributed by atoms with Gasteiger partial charge >= 0.3 is 0 Å². The van der Waals surface area contributed by atoms with Gasteiger partial charge in [0.15, 0.2) is 0 Å². The molecule has 2 fully saturated rings. The van der Waals surface area contributed by atoms with Gasteiger partial charge in [-0.2, -0.15) is 0 Å². The van der Waals surface area contributed by atoms with Gasteiger partial charge in [0.2, 0.25) is 0 Å². The van der Waals surface area contributed by atoms with Gasteiger partial charge in [-0.15, -0.1) is 7.92 Å². The van der Waals surface area contributed by atoms with Crippen molar-refractivity contribution in [2.45, 2.75) is 108 Å². The number of rotatable bonds is 3. The maximum atomic E-state index is 2.50. The van der Waals surface area contributed by atoms with Crippen molar-refractivity contribution in [1.29, 1.82) is 0 Å². The average Bonchev–Trinajstić information content (AvgIpc) is 2.34. The van der Waals surface area contributed by atoms with Crippen molar-refractivity contribution in [3.8, 4) is 0 Å². The summed E-state index contributed by atoms with van der Waals surface area (Å²) in [5.41, 5.74) is 2.29. The molecule has 0 aromatic carbocycles. The first kappa shape index (κ1) is 15.8. The summed E-state index contributed by atoms with van der Waals surface area (Å²) < 4.78 is 0. The highest BCUT2D eigenvalue weighted by atomic mass is 31.1. The van der Waals surface area contributed by atoms with Crippen LogP contribution in [0.3, 0.4) is 0 Å². The Bertz CT molecular complexity index is 188. The van der Waals surface area contributed by atoms with Gasteiger partial charge in [0.05, 0.1) is 0 Å². The smallest absolute Gasteiger partial charge is 0.0207 e. The minimum atomic E-state index is 0.347. The van der Waals surface area contributed by atoms with Crippen LogP contribution in [-0.4, -0.2) is 17.5 Å². The molecule has 1 heteroatoms. The fraction of sp³-hybridized carbons (Fsp3) is 1.00. The van der Waals surface area contributed by atoms with Gasteiger partial charge in [0, 0.05) is 0 Å².